The van der Waals surface area contributed by atoms with E-state index in [1.54, 1.807) is 18.1 Å². The number of hydrogen-bond donors (Lipinski definition) is 2. The molecule has 2 amide bonds. The average molecular weight is 446 g/mol. The van der Waals surface area contributed by atoms with E-state index in [9.17, 15) is 14.0 Å². The van der Waals surface area contributed by atoms with Crippen LogP contribution in [-0.2, 0) is 28.8 Å². The van der Waals surface area contributed by atoms with Crippen molar-refractivity contribution in [3.63, 3.8) is 0 Å². The standard InChI is InChI=1S/C23H28FN3O3S/c1-30-13-11-25-22(29)20-16-8-2-3-10-18(16)31-23(20)26-19(28)14-27-12-5-7-15-6-4-9-17(24)21(15)27/h4,6,9H,2-3,5,7-8,10-14H2,1H3,(H,25,29)(H,26,28). The number of halogens is 1. The van der Waals surface area contributed by atoms with Crippen LogP contribution in [0.15, 0.2) is 18.2 Å². The quantitative estimate of drug-likeness (QED) is 0.640. The number of nitrogens with zero attached hydrogens (tertiary/aromatic N) is 1. The highest BCUT2D eigenvalue weighted by Gasteiger charge is 2.27. The predicted octanol–water partition coefficient (Wildman–Crippen LogP) is 3.53. The lowest BCUT2D eigenvalue weighted by Crippen LogP contribution is -2.37. The minimum Gasteiger partial charge on any atom is -0.383 e. The molecule has 0 spiro atoms. The molecule has 0 atom stereocenters. The monoisotopic (exact) mass is 445 g/mol. The number of ether oxygens (including phenoxy) is 1. The zero-order valence-electron chi connectivity index (χ0n) is 17.8. The number of carbonyl (C=O) groups is 2. The largest absolute Gasteiger partial charge is 0.383 e. The van der Waals surface area contributed by atoms with Crippen molar-refractivity contribution in [1.29, 1.82) is 0 Å². The van der Waals surface area contributed by atoms with E-state index in [-0.39, 0.29) is 24.2 Å². The van der Waals surface area contributed by atoms with Crippen molar-refractivity contribution < 1.29 is 18.7 Å². The third-order valence-corrected chi connectivity index (χ3v) is 7.05. The lowest BCUT2D eigenvalue weighted by Gasteiger charge is -2.31. The molecule has 1 aromatic heterocycles. The summed E-state index contributed by atoms with van der Waals surface area (Å²) >= 11 is 1.49. The number of carbonyl (C=O) groups excluding carboxylic acids is 2. The molecule has 0 unspecified atom stereocenters. The summed E-state index contributed by atoms with van der Waals surface area (Å²) in [5.41, 5.74) is 3.08. The van der Waals surface area contributed by atoms with Crippen LogP contribution in [0.5, 0.6) is 0 Å². The fraction of sp³-hybridized carbons (Fsp3) is 0.478. The summed E-state index contributed by atoms with van der Waals surface area (Å²) in [6.45, 7) is 1.53. The normalized spacial score (nSPS) is 15.2. The van der Waals surface area contributed by atoms with Gasteiger partial charge in [-0.2, -0.15) is 0 Å². The Balaban J connectivity index is 1.52. The summed E-state index contributed by atoms with van der Waals surface area (Å²) in [7, 11) is 1.59. The molecule has 1 aromatic carbocycles. The van der Waals surface area contributed by atoms with Crippen LogP contribution in [0.25, 0.3) is 0 Å². The van der Waals surface area contributed by atoms with Gasteiger partial charge in [-0.1, -0.05) is 12.1 Å². The van der Waals surface area contributed by atoms with Gasteiger partial charge in [0.15, 0.2) is 0 Å². The Morgan fingerprint density at radius 3 is 2.87 bits per heavy atom. The summed E-state index contributed by atoms with van der Waals surface area (Å²) in [6.07, 6.45) is 5.60. The van der Waals surface area contributed by atoms with Gasteiger partial charge in [0.25, 0.3) is 5.91 Å². The second kappa shape index (κ2) is 9.78. The maximum atomic E-state index is 14.4. The Hall–Kier alpha value is -2.45. The van der Waals surface area contributed by atoms with E-state index in [4.69, 9.17) is 4.74 Å². The fourth-order valence-corrected chi connectivity index (χ4v) is 5.74. The zero-order valence-corrected chi connectivity index (χ0v) is 18.6. The van der Waals surface area contributed by atoms with Crippen molar-refractivity contribution in [1.82, 2.24) is 5.32 Å². The summed E-state index contributed by atoms with van der Waals surface area (Å²) in [6, 6.07) is 5.06. The molecule has 2 heterocycles. The van der Waals surface area contributed by atoms with Gasteiger partial charge in [0.2, 0.25) is 5.91 Å². The van der Waals surface area contributed by atoms with Crippen LogP contribution in [0.3, 0.4) is 0 Å². The third-order valence-electron chi connectivity index (χ3n) is 5.84. The van der Waals surface area contributed by atoms with Gasteiger partial charge in [0.1, 0.15) is 10.8 Å². The van der Waals surface area contributed by atoms with Gasteiger partial charge in [-0.3, -0.25) is 9.59 Å². The lowest BCUT2D eigenvalue weighted by atomic mass is 9.95. The molecule has 1 aliphatic heterocycles. The van der Waals surface area contributed by atoms with E-state index in [0.29, 0.717) is 35.9 Å². The molecular weight excluding hydrogens is 417 g/mol. The zero-order chi connectivity index (χ0) is 21.8. The Bertz CT molecular complexity index is 975. The number of thiophene rings is 1. The van der Waals surface area contributed by atoms with E-state index < -0.39 is 0 Å². The van der Waals surface area contributed by atoms with Crippen LogP contribution >= 0.6 is 11.3 Å². The van der Waals surface area contributed by atoms with Crippen molar-refractivity contribution in [3.8, 4) is 0 Å². The maximum absolute atomic E-state index is 14.4. The van der Waals surface area contributed by atoms with Gasteiger partial charge in [-0.25, -0.2) is 4.39 Å². The van der Waals surface area contributed by atoms with Crippen molar-refractivity contribution in [2.75, 3.05) is 43.6 Å². The summed E-state index contributed by atoms with van der Waals surface area (Å²) in [5, 5.41) is 6.44. The number of fused-ring (bicyclic) bond motifs is 2. The van der Waals surface area contributed by atoms with E-state index in [1.165, 1.54) is 22.3 Å². The van der Waals surface area contributed by atoms with Gasteiger partial charge in [-0.05, 0) is 55.7 Å². The molecule has 4 rings (SSSR count). The molecule has 0 radical (unpaired) electrons. The highest BCUT2D eigenvalue weighted by atomic mass is 32.1. The lowest BCUT2D eigenvalue weighted by molar-refractivity contribution is -0.115. The predicted molar refractivity (Wildman–Crippen MR) is 121 cm³/mol. The first kappa shape index (κ1) is 21.8. The summed E-state index contributed by atoms with van der Waals surface area (Å²) in [4.78, 5) is 28.8. The third kappa shape index (κ3) is 4.75. The smallest absolute Gasteiger partial charge is 0.254 e. The molecule has 6 nitrogen and oxygen atoms in total. The molecule has 8 heteroatoms. The number of nitrogens with one attached hydrogen (secondary N) is 2. The van der Waals surface area contributed by atoms with Gasteiger partial charge >= 0.3 is 0 Å². The van der Waals surface area contributed by atoms with E-state index in [1.807, 2.05) is 6.07 Å². The van der Waals surface area contributed by atoms with Crippen molar-refractivity contribution in [3.05, 3.63) is 45.6 Å². The SMILES string of the molecule is COCCNC(=O)c1c(NC(=O)CN2CCCc3cccc(F)c32)sc2c1CCCC2. The average Bonchev–Trinajstić information content (AvgIpc) is 3.11. The van der Waals surface area contributed by atoms with Crippen molar-refractivity contribution in [2.45, 2.75) is 38.5 Å². The molecule has 0 saturated carbocycles. The van der Waals surface area contributed by atoms with Gasteiger partial charge in [0, 0.05) is 25.1 Å². The van der Waals surface area contributed by atoms with Crippen LogP contribution < -0.4 is 15.5 Å². The molecule has 2 aliphatic rings. The Kier molecular flexibility index (Phi) is 6.87. The van der Waals surface area contributed by atoms with Crippen LogP contribution in [0.2, 0.25) is 0 Å². The molecule has 2 N–H and O–H groups in total. The number of para-hydroxylation sites is 1. The van der Waals surface area contributed by atoms with Crippen LogP contribution in [-0.4, -0.2) is 45.2 Å². The fourth-order valence-electron chi connectivity index (χ4n) is 4.43. The van der Waals surface area contributed by atoms with Gasteiger partial charge < -0.3 is 20.3 Å². The number of rotatable bonds is 7. The maximum Gasteiger partial charge on any atom is 0.254 e. The molecule has 0 bridgehead atoms. The van der Waals surface area contributed by atoms with Crippen LogP contribution in [0, 0.1) is 5.82 Å². The Labute approximate surface area is 185 Å². The molecule has 1 aliphatic carbocycles. The number of anilines is 2. The van der Waals surface area contributed by atoms with E-state index in [0.717, 1.165) is 49.7 Å². The molecule has 0 fully saturated rings. The molecular formula is C23H28FN3O3S. The highest BCUT2D eigenvalue weighted by Crippen LogP contribution is 2.38. The number of methoxy groups -OCH3 is 1. The van der Waals surface area contributed by atoms with Crippen molar-refractivity contribution in [2.24, 2.45) is 0 Å². The minimum atomic E-state index is -0.296. The molecule has 0 saturated heterocycles. The van der Waals surface area contributed by atoms with Gasteiger partial charge in [-0.15, -0.1) is 11.3 Å². The highest BCUT2D eigenvalue weighted by molar-refractivity contribution is 7.17. The topological polar surface area (TPSA) is 70.7 Å². The second-order valence-electron chi connectivity index (χ2n) is 7.98. The minimum absolute atomic E-state index is 0.0568. The molecule has 166 valence electrons. The number of amides is 2. The first-order valence-corrected chi connectivity index (χ1v) is 11.6. The Morgan fingerprint density at radius 2 is 2.03 bits per heavy atom. The summed E-state index contributed by atoms with van der Waals surface area (Å²) in [5.74, 6) is -0.712. The van der Waals surface area contributed by atoms with E-state index in [2.05, 4.69) is 10.6 Å². The molecule has 31 heavy (non-hydrogen) atoms. The molecule has 2 aromatic rings. The van der Waals surface area contributed by atoms with E-state index >= 15 is 0 Å². The first-order valence-electron chi connectivity index (χ1n) is 10.8. The number of benzene rings is 1. The second-order valence-corrected chi connectivity index (χ2v) is 9.09. The number of hydrogen-bond acceptors (Lipinski definition) is 5. The first-order chi connectivity index (χ1) is 15.1. The van der Waals surface area contributed by atoms with Crippen LogP contribution in [0.1, 0.15) is 45.6 Å². The van der Waals surface area contributed by atoms with Crippen molar-refractivity contribution >= 4 is 33.8 Å². The Morgan fingerprint density at radius 1 is 1.19 bits per heavy atom. The number of aryl methyl sites for hydroxylation is 2. The van der Waals surface area contributed by atoms with Crippen LogP contribution in [0.4, 0.5) is 15.1 Å². The van der Waals surface area contributed by atoms with Gasteiger partial charge in [0.05, 0.1) is 24.4 Å². The summed E-state index contributed by atoms with van der Waals surface area (Å²) < 4.78 is 19.5.